The summed E-state index contributed by atoms with van der Waals surface area (Å²) in [5.74, 6) is -0.175. The third-order valence-corrected chi connectivity index (χ3v) is 1.70. The molecule has 2 aliphatic heterocycles. The van der Waals surface area contributed by atoms with E-state index in [-0.39, 0.29) is 5.57 Å². The lowest BCUT2D eigenvalue weighted by atomic mass is 10.2. The molecule has 2 heterocycles. The second-order valence-electron chi connectivity index (χ2n) is 2.50. The number of hydrazine groups is 1. The molecule has 2 rings (SSSR count). The average molecular weight is 165 g/mol. The minimum Gasteiger partial charge on any atom is -0.478 e. The first-order valence-electron chi connectivity index (χ1n) is 3.48. The number of carboxylic acids is 1. The lowest BCUT2D eigenvalue weighted by Gasteiger charge is -2.21. The zero-order valence-electron chi connectivity index (χ0n) is 6.19. The van der Waals surface area contributed by atoms with Gasteiger partial charge in [0.15, 0.2) is 0 Å². The summed E-state index contributed by atoms with van der Waals surface area (Å²) in [6, 6.07) is 0. The first-order valence-corrected chi connectivity index (χ1v) is 3.48. The standard InChI is InChI=1S/C7H7N3O2/c11-7(12)5-3-8-6-1-2-9-10(6)4-5/h1-3,9H,4H2,(H,11,12). The Morgan fingerprint density at radius 1 is 1.75 bits per heavy atom. The van der Waals surface area contributed by atoms with E-state index < -0.39 is 5.97 Å². The highest BCUT2D eigenvalue weighted by atomic mass is 16.4. The van der Waals surface area contributed by atoms with Crippen LogP contribution in [0.5, 0.6) is 0 Å². The minimum absolute atomic E-state index is 0.287. The molecular formula is C7H7N3O2. The molecule has 0 spiro atoms. The van der Waals surface area contributed by atoms with Gasteiger partial charge in [-0.15, -0.1) is 0 Å². The molecule has 0 saturated carbocycles. The maximum absolute atomic E-state index is 10.5. The van der Waals surface area contributed by atoms with Gasteiger partial charge in [-0.3, -0.25) is 5.01 Å². The molecule has 0 unspecified atom stereocenters. The van der Waals surface area contributed by atoms with Crippen molar-refractivity contribution in [3.8, 4) is 0 Å². The van der Waals surface area contributed by atoms with Gasteiger partial charge >= 0.3 is 5.97 Å². The van der Waals surface area contributed by atoms with Crippen LogP contribution in [0.4, 0.5) is 0 Å². The Morgan fingerprint density at radius 3 is 3.33 bits per heavy atom. The highest BCUT2D eigenvalue weighted by Crippen LogP contribution is 2.09. The molecule has 2 aliphatic rings. The number of carboxylic acid groups (broad SMARTS) is 1. The second-order valence-corrected chi connectivity index (χ2v) is 2.50. The molecule has 0 aromatic rings. The van der Waals surface area contributed by atoms with Crippen LogP contribution < -0.4 is 5.43 Å². The average Bonchev–Trinajstić information content (AvgIpc) is 2.49. The van der Waals surface area contributed by atoms with Crippen molar-refractivity contribution in [2.45, 2.75) is 0 Å². The van der Waals surface area contributed by atoms with Gasteiger partial charge < -0.3 is 10.5 Å². The van der Waals surface area contributed by atoms with Gasteiger partial charge in [-0.2, -0.15) is 0 Å². The van der Waals surface area contributed by atoms with Gasteiger partial charge in [-0.25, -0.2) is 9.79 Å². The van der Waals surface area contributed by atoms with Crippen LogP contribution in [0, 0.1) is 0 Å². The Labute approximate surface area is 68.7 Å². The summed E-state index contributed by atoms with van der Waals surface area (Å²) in [5, 5.41) is 10.3. The van der Waals surface area contributed by atoms with Crippen LogP contribution in [0.3, 0.4) is 0 Å². The number of carbonyl (C=O) groups is 1. The zero-order chi connectivity index (χ0) is 8.55. The fraction of sp³-hybridized carbons (Fsp3) is 0.143. The first-order chi connectivity index (χ1) is 5.77. The van der Waals surface area contributed by atoms with Gasteiger partial charge in [-0.1, -0.05) is 0 Å². The van der Waals surface area contributed by atoms with Crippen molar-refractivity contribution < 1.29 is 9.90 Å². The molecule has 0 aliphatic carbocycles. The molecule has 0 saturated heterocycles. The summed E-state index contributed by atoms with van der Waals surface area (Å²) in [6.07, 6.45) is 4.89. The van der Waals surface area contributed by atoms with Crippen molar-refractivity contribution in [3.63, 3.8) is 0 Å². The van der Waals surface area contributed by atoms with E-state index >= 15 is 0 Å². The van der Waals surface area contributed by atoms with Crippen LogP contribution in [0.2, 0.25) is 0 Å². The monoisotopic (exact) mass is 165 g/mol. The Kier molecular flexibility index (Phi) is 1.36. The Morgan fingerprint density at radius 2 is 2.58 bits per heavy atom. The van der Waals surface area contributed by atoms with Crippen LogP contribution in [0.1, 0.15) is 0 Å². The Hall–Kier alpha value is -1.78. The molecule has 62 valence electrons. The van der Waals surface area contributed by atoms with E-state index in [0.29, 0.717) is 6.54 Å². The fourth-order valence-corrected chi connectivity index (χ4v) is 1.08. The maximum atomic E-state index is 10.5. The molecule has 0 fully saturated rings. The van der Waals surface area contributed by atoms with Crippen LogP contribution >= 0.6 is 0 Å². The third-order valence-electron chi connectivity index (χ3n) is 1.70. The summed E-state index contributed by atoms with van der Waals surface area (Å²) >= 11 is 0. The highest BCUT2D eigenvalue weighted by Gasteiger charge is 2.20. The quantitative estimate of drug-likeness (QED) is 0.560. The molecule has 0 aromatic heterocycles. The number of rotatable bonds is 1. The molecule has 5 heteroatoms. The van der Waals surface area contributed by atoms with Crippen LogP contribution in [-0.2, 0) is 4.79 Å². The van der Waals surface area contributed by atoms with Crippen molar-refractivity contribution >= 4 is 11.8 Å². The van der Waals surface area contributed by atoms with E-state index in [1.807, 2.05) is 0 Å². The second kappa shape index (κ2) is 2.37. The molecule has 2 N–H and O–H groups in total. The van der Waals surface area contributed by atoms with E-state index in [9.17, 15) is 4.79 Å². The van der Waals surface area contributed by atoms with Crippen molar-refractivity contribution in [2.75, 3.05) is 6.54 Å². The molecule has 0 atom stereocenters. The number of aliphatic imine (C=N–C) groups is 1. The number of nitrogens with zero attached hydrogens (tertiary/aromatic N) is 2. The van der Waals surface area contributed by atoms with E-state index in [1.54, 1.807) is 17.3 Å². The zero-order valence-corrected chi connectivity index (χ0v) is 6.19. The topological polar surface area (TPSA) is 64.9 Å². The molecule has 0 radical (unpaired) electrons. The lowest BCUT2D eigenvalue weighted by Crippen LogP contribution is -2.38. The van der Waals surface area contributed by atoms with Gasteiger partial charge in [0.1, 0.15) is 5.84 Å². The van der Waals surface area contributed by atoms with E-state index in [0.717, 1.165) is 5.84 Å². The maximum Gasteiger partial charge on any atom is 0.335 e. The van der Waals surface area contributed by atoms with Crippen LogP contribution in [0.15, 0.2) is 29.0 Å². The predicted octanol–water partition coefficient (Wildman–Crippen LogP) is -0.299. The van der Waals surface area contributed by atoms with E-state index in [1.165, 1.54) is 6.20 Å². The number of aliphatic carboxylic acids is 1. The summed E-state index contributed by atoms with van der Waals surface area (Å²) in [6.45, 7) is 0.348. The Bertz CT molecular complexity index is 317. The van der Waals surface area contributed by atoms with Gasteiger partial charge in [0, 0.05) is 12.4 Å². The van der Waals surface area contributed by atoms with E-state index in [4.69, 9.17) is 5.11 Å². The molecule has 0 aromatic carbocycles. The lowest BCUT2D eigenvalue weighted by molar-refractivity contribution is -0.132. The van der Waals surface area contributed by atoms with Crippen LogP contribution in [0.25, 0.3) is 0 Å². The van der Waals surface area contributed by atoms with Gasteiger partial charge in [0.2, 0.25) is 0 Å². The van der Waals surface area contributed by atoms with Gasteiger partial charge in [-0.05, 0) is 6.08 Å². The molecule has 5 nitrogen and oxygen atoms in total. The molecule has 0 amide bonds. The fourth-order valence-electron chi connectivity index (χ4n) is 1.08. The van der Waals surface area contributed by atoms with Crippen molar-refractivity contribution in [3.05, 3.63) is 24.0 Å². The number of fused-ring (bicyclic) bond motifs is 1. The van der Waals surface area contributed by atoms with Crippen molar-refractivity contribution in [1.29, 1.82) is 0 Å². The summed E-state index contributed by atoms with van der Waals surface area (Å²) in [5.41, 5.74) is 3.15. The number of amidine groups is 1. The first kappa shape index (κ1) is 6.90. The van der Waals surface area contributed by atoms with Gasteiger partial charge in [0.25, 0.3) is 0 Å². The summed E-state index contributed by atoms with van der Waals surface area (Å²) < 4.78 is 0. The molecule has 0 bridgehead atoms. The van der Waals surface area contributed by atoms with Crippen molar-refractivity contribution in [1.82, 2.24) is 10.4 Å². The largest absolute Gasteiger partial charge is 0.478 e. The molecule has 12 heavy (non-hydrogen) atoms. The normalized spacial score (nSPS) is 19.5. The number of nitrogens with one attached hydrogen (secondary N) is 1. The smallest absolute Gasteiger partial charge is 0.335 e. The number of hydrogen-bond donors (Lipinski definition) is 2. The highest BCUT2D eigenvalue weighted by molar-refractivity contribution is 5.98. The summed E-state index contributed by atoms with van der Waals surface area (Å²) in [7, 11) is 0. The molecular weight excluding hydrogens is 158 g/mol. The minimum atomic E-state index is -0.925. The summed E-state index contributed by atoms with van der Waals surface area (Å²) in [4.78, 5) is 14.5. The van der Waals surface area contributed by atoms with Gasteiger partial charge in [0.05, 0.1) is 12.1 Å². The predicted molar refractivity (Wildman–Crippen MR) is 42.1 cm³/mol. The SMILES string of the molecule is O=C(O)C1=CN=C2C=CNN2C1. The third kappa shape index (κ3) is 0.952. The van der Waals surface area contributed by atoms with Crippen molar-refractivity contribution in [2.24, 2.45) is 4.99 Å². The Balaban J connectivity index is 2.25. The van der Waals surface area contributed by atoms with E-state index in [2.05, 4.69) is 10.4 Å². The van der Waals surface area contributed by atoms with Crippen LogP contribution in [-0.4, -0.2) is 28.5 Å². The number of hydrogen-bond acceptors (Lipinski definition) is 4.